The van der Waals surface area contributed by atoms with Crippen LogP contribution in [-0.4, -0.2) is 4.98 Å². The van der Waals surface area contributed by atoms with Crippen LogP contribution in [0.15, 0.2) is 39.6 Å². The van der Waals surface area contributed by atoms with Gasteiger partial charge >= 0.3 is 0 Å². The van der Waals surface area contributed by atoms with E-state index < -0.39 is 0 Å². The Labute approximate surface area is 114 Å². The van der Waals surface area contributed by atoms with Crippen LogP contribution in [-0.2, 0) is 6.54 Å². The quantitative estimate of drug-likeness (QED) is 0.897. The SMILES string of the molecule is CCC(NCc1cscn1)c1ccccc1Br. The summed E-state index contributed by atoms with van der Waals surface area (Å²) >= 11 is 5.24. The van der Waals surface area contributed by atoms with E-state index in [9.17, 15) is 0 Å². The maximum atomic E-state index is 4.28. The average molecular weight is 311 g/mol. The minimum Gasteiger partial charge on any atom is -0.304 e. The molecule has 0 aliphatic carbocycles. The monoisotopic (exact) mass is 310 g/mol. The van der Waals surface area contributed by atoms with Gasteiger partial charge in [-0.3, -0.25) is 0 Å². The van der Waals surface area contributed by atoms with Crippen molar-refractivity contribution in [1.29, 1.82) is 0 Å². The molecule has 2 aromatic rings. The van der Waals surface area contributed by atoms with E-state index in [0.717, 1.165) is 23.1 Å². The Hall–Kier alpha value is -0.710. The largest absolute Gasteiger partial charge is 0.304 e. The van der Waals surface area contributed by atoms with Gasteiger partial charge < -0.3 is 5.32 Å². The van der Waals surface area contributed by atoms with Gasteiger partial charge in [-0.2, -0.15) is 0 Å². The Morgan fingerprint density at radius 3 is 2.88 bits per heavy atom. The third kappa shape index (κ3) is 3.37. The average Bonchev–Trinajstić information content (AvgIpc) is 2.85. The lowest BCUT2D eigenvalue weighted by molar-refractivity contribution is 0.513. The van der Waals surface area contributed by atoms with Crippen molar-refractivity contribution in [3.05, 3.63) is 50.9 Å². The maximum absolute atomic E-state index is 4.28. The number of nitrogens with one attached hydrogen (secondary N) is 1. The van der Waals surface area contributed by atoms with Crippen LogP contribution in [0.5, 0.6) is 0 Å². The Kier molecular flexibility index (Phi) is 4.71. The molecule has 1 aromatic heterocycles. The van der Waals surface area contributed by atoms with E-state index in [1.807, 2.05) is 11.6 Å². The second-order valence-corrected chi connectivity index (χ2v) is 5.42. The fourth-order valence-electron chi connectivity index (χ4n) is 1.78. The lowest BCUT2D eigenvalue weighted by Crippen LogP contribution is -2.20. The highest BCUT2D eigenvalue weighted by atomic mass is 79.9. The van der Waals surface area contributed by atoms with Gasteiger partial charge in [0.25, 0.3) is 0 Å². The van der Waals surface area contributed by atoms with Gasteiger partial charge in [0.1, 0.15) is 0 Å². The summed E-state index contributed by atoms with van der Waals surface area (Å²) in [4.78, 5) is 4.28. The normalized spacial score (nSPS) is 12.6. The molecule has 0 aliphatic heterocycles. The number of hydrogen-bond acceptors (Lipinski definition) is 3. The molecule has 1 unspecified atom stereocenters. The van der Waals surface area contributed by atoms with Crippen molar-refractivity contribution in [2.75, 3.05) is 0 Å². The predicted molar refractivity (Wildman–Crippen MR) is 76.1 cm³/mol. The first-order chi connectivity index (χ1) is 8.31. The van der Waals surface area contributed by atoms with E-state index in [1.54, 1.807) is 11.3 Å². The number of nitrogens with zero attached hydrogens (tertiary/aromatic N) is 1. The minimum absolute atomic E-state index is 0.368. The molecule has 17 heavy (non-hydrogen) atoms. The van der Waals surface area contributed by atoms with Crippen molar-refractivity contribution in [3.8, 4) is 0 Å². The summed E-state index contributed by atoms with van der Waals surface area (Å²) in [6, 6.07) is 8.73. The molecule has 0 spiro atoms. The van der Waals surface area contributed by atoms with Crippen molar-refractivity contribution in [2.45, 2.75) is 25.9 Å². The first-order valence-corrected chi connectivity index (χ1v) is 7.39. The van der Waals surface area contributed by atoms with E-state index >= 15 is 0 Å². The Bertz CT molecular complexity index is 456. The first kappa shape index (κ1) is 12.7. The molecule has 2 rings (SSSR count). The summed E-state index contributed by atoms with van der Waals surface area (Å²) in [5.74, 6) is 0. The summed E-state index contributed by atoms with van der Waals surface area (Å²) in [6.45, 7) is 3.02. The van der Waals surface area contributed by atoms with Crippen molar-refractivity contribution >= 4 is 27.3 Å². The van der Waals surface area contributed by atoms with Gasteiger partial charge in [-0.15, -0.1) is 11.3 Å². The number of rotatable bonds is 5. The van der Waals surface area contributed by atoms with Gasteiger partial charge in [0.15, 0.2) is 0 Å². The van der Waals surface area contributed by atoms with Crippen LogP contribution in [0, 0.1) is 0 Å². The van der Waals surface area contributed by atoms with E-state index in [-0.39, 0.29) is 0 Å². The van der Waals surface area contributed by atoms with Crippen LogP contribution in [0.3, 0.4) is 0 Å². The molecule has 90 valence electrons. The molecule has 0 saturated heterocycles. The fraction of sp³-hybridized carbons (Fsp3) is 0.308. The van der Waals surface area contributed by atoms with Gasteiger partial charge in [0, 0.05) is 22.4 Å². The minimum atomic E-state index is 0.368. The van der Waals surface area contributed by atoms with E-state index in [4.69, 9.17) is 0 Å². The molecule has 0 saturated carbocycles. The van der Waals surface area contributed by atoms with Crippen LogP contribution < -0.4 is 5.32 Å². The summed E-state index contributed by atoms with van der Waals surface area (Å²) in [5.41, 5.74) is 4.29. The summed E-state index contributed by atoms with van der Waals surface area (Å²) in [7, 11) is 0. The Balaban J connectivity index is 2.04. The highest BCUT2D eigenvalue weighted by Gasteiger charge is 2.11. The zero-order valence-corrected chi connectivity index (χ0v) is 12.1. The molecule has 0 aliphatic rings. The zero-order chi connectivity index (χ0) is 12.1. The zero-order valence-electron chi connectivity index (χ0n) is 9.69. The lowest BCUT2D eigenvalue weighted by Gasteiger charge is -2.18. The second-order valence-electron chi connectivity index (χ2n) is 3.84. The van der Waals surface area contributed by atoms with Gasteiger partial charge in [-0.25, -0.2) is 4.98 Å². The number of hydrogen-bond donors (Lipinski definition) is 1. The summed E-state index contributed by atoms with van der Waals surface area (Å²) < 4.78 is 1.16. The predicted octanol–water partition coefficient (Wildman–Crippen LogP) is 4.15. The molecule has 4 heteroatoms. The van der Waals surface area contributed by atoms with Crippen molar-refractivity contribution < 1.29 is 0 Å². The summed E-state index contributed by atoms with van der Waals surface area (Å²) in [5, 5.41) is 5.63. The van der Waals surface area contributed by atoms with Crippen LogP contribution in [0.4, 0.5) is 0 Å². The number of benzene rings is 1. The molecule has 1 heterocycles. The van der Waals surface area contributed by atoms with Gasteiger partial charge in [-0.05, 0) is 18.1 Å². The van der Waals surface area contributed by atoms with E-state index in [1.165, 1.54) is 5.56 Å². The van der Waals surface area contributed by atoms with Gasteiger partial charge in [0.05, 0.1) is 11.2 Å². The van der Waals surface area contributed by atoms with Crippen LogP contribution in [0.25, 0.3) is 0 Å². The molecule has 1 atom stereocenters. The number of halogens is 1. The first-order valence-electron chi connectivity index (χ1n) is 5.66. The molecular formula is C13H15BrN2S. The molecule has 1 aromatic carbocycles. The van der Waals surface area contributed by atoms with E-state index in [2.05, 4.69) is 56.7 Å². The molecular weight excluding hydrogens is 296 g/mol. The molecule has 0 fully saturated rings. The van der Waals surface area contributed by atoms with Crippen LogP contribution in [0.1, 0.15) is 30.6 Å². The molecule has 0 bridgehead atoms. The highest BCUT2D eigenvalue weighted by molar-refractivity contribution is 9.10. The van der Waals surface area contributed by atoms with E-state index in [0.29, 0.717) is 6.04 Å². The molecule has 1 N–H and O–H groups in total. The Morgan fingerprint density at radius 1 is 1.41 bits per heavy atom. The molecule has 0 radical (unpaired) electrons. The van der Waals surface area contributed by atoms with Gasteiger partial charge in [0.2, 0.25) is 0 Å². The Morgan fingerprint density at radius 2 is 2.24 bits per heavy atom. The fourth-order valence-corrected chi connectivity index (χ4v) is 2.90. The van der Waals surface area contributed by atoms with Crippen molar-refractivity contribution in [2.24, 2.45) is 0 Å². The lowest BCUT2D eigenvalue weighted by atomic mass is 10.0. The highest BCUT2D eigenvalue weighted by Crippen LogP contribution is 2.25. The second kappa shape index (κ2) is 6.28. The standard InChI is InChI=1S/C13H15BrN2S/c1-2-13(11-5-3-4-6-12(11)14)15-7-10-8-17-9-16-10/h3-6,8-9,13,15H,2,7H2,1H3. The van der Waals surface area contributed by atoms with Crippen LogP contribution in [0.2, 0.25) is 0 Å². The summed E-state index contributed by atoms with van der Waals surface area (Å²) in [6.07, 6.45) is 1.06. The number of thiazole rings is 1. The maximum Gasteiger partial charge on any atom is 0.0795 e. The molecule has 2 nitrogen and oxygen atoms in total. The number of aromatic nitrogens is 1. The smallest absolute Gasteiger partial charge is 0.0795 e. The van der Waals surface area contributed by atoms with Crippen molar-refractivity contribution in [1.82, 2.24) is 10.3 Å². The third-order valence-corrected chi connectivity index (χ3v) is 4.06. The molecule has 0 amide bonds. The van der Waals surface area contributed by atoms with Gasteiger partial charge in [-0.1, -0.05) is 41.1 Å². The van der Waals surface area contributed by atoms with Crippen LogP contribution >= 0.6 is 27.3 Å². The topological polar surface area (TPSA) is 24.9 Å². The van der Waals surface area contributed by atoms with Crippen molar-refractivity contribution in [3.63, 3.8) is 0 Å². The third-order valence-electron chi connectivity index (χ3n) is 2.70.